The van der Waals surface area contributed by atoms with Crippen molar-refractivity contribution in [3.63, 3.8) is 0 Å². The Kier molecular flexibility index (Phi) is 4.10. The van der Waals surface area contributed by atoms with Crippen LogP contribution in [0.2, 0.25) is 5.02 Å². The van der Waals surface area contributed by atoms with Crippen molar-refractivity contribution < 1.29 is 9.90 Å². The van der Waals surface area contributed by atoms with Crippen LogP contribution in [0.5, 0.6) is 0 Å². The molecule has 1 aromatic heterocycles. The summed E-state index contributed by atoms with van der Waals surface area (Å²) in [4.78, 5) is 15.2. The summed E-state index contributed by atoms with van der Waals surface area (Å²) in [5.41, 5.74) is 1.91. The maximum Gasteiger partial charge on any atom is 0.303 e. The van der Waals surface area contributed by atoms with Gasteiger partial charge in [0.2, 0.25) is 0 Å². The van der Waals surface area contributed by atoms with E-state index in [1.54, 1.807) is 0 Å². The number of aryl methyl sites for hydroxylation is 1. The van der Waals surface area contributed by atoms with Crippen LogP contribution in [-0.4, -0.2) is 20.6 Å². The Balaban J connectivity index is 2.36. The Bertz CT molecular complexity index is 605. The fourth-order valence-electron chi connectivity index (χ4n) is 2.27. The highest BCUT2D eigenvalue weighted by Crippen LogP contribution is 2.25. The van der Waals surface area contributed by atoms with E-state index in [2.05, 4.69) is 23.4 Å². The molecule has 0 unspecified atom stereocenters. The highest BCUT2D eigenvalue weighted by atomic mass is 35.5. The molecule has 0 bridgehead atoms. The topological polar surface area (TPSA) is 55.1 Å². The van der Waals surface area contributed by atoms with Gasteiger partial charge in [0, 0.05) is 23.9 Å². The Labute approximate surface area is 117 Å². The number of hydrogen-bond acceptors (Lipinski definition) is 2. The first-order valence-electron chi connectivity index (χ1n) is 6.37. The molecule has 1 N–H and O–H groups in total. The van der Waals surface area contributed by atoms with E-state index in [4.69, 9.17) is 16.7 Å². The van der Waals surface area contributed by atoms with Gasteiger partial charge in [-0.3, -0.25) is 4.79 Å². The van der Waals surface area contributed by atoms with E-state index in [0.29, 0.717) is 17.9 Å². The van der Waals surface area contributed by atoms with Crippen LogP contribution >= 0.6 is 11.6 Å². The maximum atomic E-state index is 10.6. The number of aromatic nitrogens is 2. The van der Waals surface area contributed by atoms with Gasteiger partial charge in [-0.2, -0.15) is 0 Å². The molecular weight excluding hydrogens is 264 g/mol. The number of nitrogens with zero attached hydrogens (tertiary/aromatic N) is 2. The molecule has 4 nitrogen and oxygen atoms in total. The van der Waals surface area contributed by atoms with Crippen molar-refractivity contribution in [1.29, 1.82) is 0 Å². The molecule has 102 valence electrons. The summed E-state index contributed by atoms with van der Waals surface area (Å²) in [6.07, 6.45) is 1.43. The molecule has 0 radical (unpaired) electrons. The highest BCUT2D eigenvalue weighted by molar-refractivity contribution is 6.31. The Morgan fingerprint density at radius 1 is 1.47 bits per heavy atom. The Hall–Kier alpha value is -1.55. The van der Waals surface area contributed by atoms with Crippen LogP contribution in [0.4, 0.5) is 0 Å². The van der Waals surface area contributed by atoms with Gasteiger partial charge in [-0.05, 0) is 38.5 Å². The van der Waals surface area contributed by atoms with Gasteiger partial charge in [0.15, 0.2) is 0 Å². The lowest BCUT2D eigenvalue weighted by molar-refractivity contribution is -0.137. The fourth-order valence-corrected chi connectivity index (χ4v) is 2.43. The number of hydrogen-bond donors (Lipinski definition) is 1. The fraction of sp³-hybridized carbons (Fsp3) is 0.429. The van der Waals surface area contributed by atoms with Gasteiger partial charge in [0.05, 0.1) is 11.0 Å². The van der Waals surface area contributed by atoms with Crippen molar-refractivity contribution in [1.82, 2.24) is 9.55 Å². The van der Waals surface area contributed by atoms with Crippen molar-refractivity contribution in [2.75, 3.05) is 0 Å². The largest absolute Gasteiger partial charge is 0.481 e. The molecule has 0 saturated carbocycles. The molecule has 0 aliphatic rings. The molecule has 0 aliphatic heterocycles. The number of halogens is 1. The summed E-state index contributed by atoms with van der Waals surface area (Å²) >= 11 is 6.03. The standard InChI is InChI=1S/C14H17ClN2O2/c1-9(2)17-12-8-10(15)6-7-11(12)16-13(17)4-3-5-14(18)19/h6-9H,3-5H2,1-2H3,(H,18,19). The van der Waals surface area contributed by atoms with E-state index in [1.165, 1.54) is 0 Å². The van der Waals surface area contributed by atoms with Crippen molar-refractivity contribution in [2.24, 2.45) is 0 Å². The minimum Gasteiger partial charge on any atom is -0.481 e. The Morgan fingerprint density at radius 3 is 2.84 bits per heavy atom. The lowest BCUT2D eigenvalue weighted by Gasteiger charge is -2.12. The minimum atomic E-state index is -0.768. The lowest BCUT2D eigenvalue weighted by atomic mass is 10.2. The quantitative estimate of drug-likeness (QED) is 0.909. The van der Waals surface area contributed by atoms with E-state index < -0.39 is 5.97 Å². The normalized spacial score (nSPS) is 11.4. The first-order chi connectivity index (χ1) is 8.99. The number of imidazole rings is 1. The maximum absolute atomic E-state index is 10.6. The average Bonchev–Trinajstić information content (AvgIpc) is 2.65. The van der Waals surface area contributed by atoms with Gasteiger partial charge in [0.25, 0.3) is 0 Å². The van der Waals surface area contributed by atoms with E-state index in [-0.39, 0.29) is 12.5 Å². The number of rotatable bonds is 5. The molecule has 2 aromatic rings. The van der Waals surface area contributed by atoms with Crippen LogP contribution in [0, 0.1) is 0 Å². The Morgan fingerprint density at radius 2 is 2.21 bits per heavy atom. The first-order valence-corrected chi connectivity index (χ1v) is 6.75. The third-order valence-electron chi connectivity index (χ3n) is 3.03. The van der Waals surface area contributed by atoms with Crippen molar-refractivity contribution in [2.45, 2.75) is 39.2 Å². The predicted octanol–water partition coefficient (Wildman–Crippen LogP) is 3.68. The van der Waals surface area contributed by atoms with Crippen molar-refractivity contribution in [3.05, 3.63) is 29.0 Å². The van der Waals surface area contributed by atoms with E-state index in [9.17, 15) is 4.79 Å². The zero-order valence-corrected chi connectivity index (χ0v) is 11.8. The summed E-state index contributed by atoms with van der Waals surface area (Å²) in [6.45, 7) is 4.17. The lowest BCUT2D eigenvalue weighted by Crippen LogP contribution is -2.07. The number of carboxylic acids is 1. The summed E-state index contributed by atoms with van der Waals surface area (Å²) < 4.78 is 2.13. The zero-order chi connectivity index (χ0) is 14.0. The molecule has 0 saturated heterocycles. The third-order valence-corrected chi connectivity index (χ3v) is 3.27. The van der Waals surface area contributed by atoms with E-state index >= 15 is 0 Å². The van der Waals surface area contributed by atoms with Crippen LogP contribution in [0.25, 0.3) is 11.0 Å². The number of fused-ring (bicyclic) bond motifs is 1. The number of carboxylic acid groups (broad SMARTS) is 1. The van der Waals surface area contributed by atoms with Gasteiger partial charge in [-0.1, -0.05) is 11.6 Å². The second-order valence-corrected chi connectivity index (χ2v) is 5.31. The molecular formula is C14H17ClN2O2. The summed E-state index contributed by atoms with van der Waals surface area (Å²) in [5, 5.41) is 9.39. The second kappa shape index (κ2) is 5.61. The molecule has 5 heteroatoms. The summed E-state index contributed by atoms with van der Waals surface area (Å²) in [7, 11) is 0. The van der Waals surface area contributed by atoms with E-state index in [0.717, 1.165) is 16.9 Å². The highest BCUT2D eigenvalue weighted by Gasteiger charge is 2.13. The molecule has 1 heterocycles. The van der Waals surface area contributed by atoms with Gasteiger partial charge < -0.3 is 9.67 Å². The number of carbonyl (C=O) groups is 1. The smallest absolute Gasteiger partial charge is 0.303 e. The van der Waals surface area contributed by atoms with Gasteiger partial charge in [-0.25, -0.2) is 4.98 Å². The molecule has 1 aromatic carbocycles. The molecule has 0 atom stereocenters. The van der Waals surface area contributed by atoms with Crippen LogP contribution in [-0.2, 0) is 11.2 Å². The SMILES string of the molecule is CC(C)n1c(CCCC(=O)O)nc2ccc(Cl)cc21. The average molecular weight is 281 g/mol. The van der Waals surface area contributed by atoms with Crippen molar-refractivity contribution >= 4 is 28.6 Å². The molecule has 0 spiro atoms. The zero-order valence-electron chi connectivity index (χ0n) is 11.1. The molecule has 0 aliphatic carbocycles. The van der Waals surface area contributed by atoms with Crippen LogP contribution in [0.1, 0.15) is 38.6 Å². The van der Waals surface area contributed by atoms with Gasteiger partial charge >= 0.3 is 5.97 Å². The second-order valence-electron chi connectivity index (χ2n) is 4.87. The first kappa shape index (κ1) is 13.9. The monoisotopic (exact) mass is 280 g/mol. The summed E-state index contributed by atoms with van der Waals surface area (Å²) in [6, 6.07) is 5.90. The number of aliphatic carboxylic acids is 1. The van der Waals surface area contributed by atoms with Crippen LogP contribution in [0.3, 0.4) is 0 Å². The molecule has 0 fully saturated rings. The minimum absolute atomic E-state index is 0.169. The van der Waals surface area contributed by atoms with Crippen molar-refractivity contribution in [3.8, 4) is 0 Å². The van der Waals surface area contributed by atoms with Gasteiger partial charge in [-0.15, -0.1) is 0 Å². The molecule has 2 rings (SSSR count). The molecule has 19 heavy (non-hydrogen) atoms. The predicted molar refractivity (Wildman–Crippen MR) is 75.7 cm³/mol. The number of benzene rings is 1. The van der Waals surface area contributed by atoms with Crippen LogP contribution < -0.4 is 0 Å². The van der Waals surface area contributed by atoms with Crippen LogP contribution in [0.15, 0.2) is 18.2 Å². The van der Waals surface area contributed by atoms with Gasteiger partial charge in [0.1, 0.15) is 5.82 Å². The molecule has 0 amide bonds. The third kappa shape index (κ3) is 3.07. The summed E-state index contributed by atoms with van der Waals surface area (Å²) in [5.74, 6) is 0.156. The van der Waals surface area contributed by atoms with E-state index in [1.807, 2.05) is 18.2 Å².